The molecule has 0 saturated heterocycles. The van der Waals surface area contributed by atoms with Crippen LogP contribution in [0.3, 0.4) is 0 Å². The minimum Gasteiger partial charge on any atom is -0.255 e. The van der Waals surface area contributed by atoms with Gasteiger partial charge in [0.2, 0.25) is 0 Å². The highest BCUT2D eigenvalue weighted by Gasteiger charge is 2.48. The van der Waals surface area contributed by atoms with Crippen molar-refractivity contribution in [1.82, 2.24) is 19.9 Å². The van der Waals surface area contributed by atoms with Crippen molar-refractivity contribution in [3.8, 4) is 34.0 Å². The number of nitrogens with zero attached hydrogens (tertiary/aromatic N) is 4. The number of pyridine rings is 1. The van der Waals surface area contributed by atoms with Gasteiger partial charge in [-0.15, -0.1) is 0 Å². The Bertz CT molecular complexity index is 2940. The molecule has 2 heterocycles. The second kappa shape index (κ2) is 10.6. The molecular formula is C47H28N4. The Labute approximate surface area is 294 Å². The average Bonchev–Trinajstić information content (AvgIpc) is 3.53. The standard InChI is InChI=1S/C47H28N4/c1-4-12-29(13-5-1)39-27-25-33(28-48-39)45-49-44(32-14-6-2-7-15-32)50-46(51-45)47(34-17-8-3-9-18-34)37-21-11-20-36-35-19-10-16-30-22-23-31-24-26-38(47)43(42(36)37)41(31)40(30)35/h1-28H. The molecule has 1 aliphatic rings. The van der Waals surface area contributed by atoms with Gasteiger partial charge in [0.15, 0.2) is 17.5 Å². The van der Waals surface area contributed by atoms with Crippen LogP contribution in [0, 0.1) is 0 Å². The smallest absolute Gasteiger partial charge is 0.165 e. The third-order valence-electron chi connectivity index (χ3n) is 10.7. The fourth-order valence-electron chi connectivity index (χ4n) is 8.56. The maximum Gasteiger partial charge on any atom is 0.165 e. The molecule has 2 aromatic heterocycles. The molecule has 0 bridgehead atoms. The van der Waals surface area contributed by atoms with Crippen LogP contribution in [0.25, 0.3) is 77.1 Å². The number of hydrogen-bond donors (Lipinski definition) is 0. The fourth-order valence-corrected chi connectivity index (χ4v) is 8.56. The summed E-state index contributed by atoms with van der Waals surface area (Å²) in [5.74, 6) is 1.92. The van der Waals surface area contributed by atoms with Crippen molar-refractivity contribution in [3.05, 3.63) is 193 Å². The molecule has 4 heteroatoms. The Morgan fingerprint density at radius 2 is 0.980 bits per heavy atom. The minimum absolute atomic E-state index is 0.591. The van der Waals surface area contributed by atoms with Crippen molar-refractivity contribution in [2.24, 2.45) is 0 Å². The van der Waals surface area contributed by atoms with Crippen LogP contribution >= 0.6 is 0 Å². The van der Waals surface area contributed by atoms with E-state index in [9.17, 15) is 0 Å². The molecule has 10 aromatic rings. The van der Waals surface area contributed by atoms with Crippen molar-refractivity contribution < 1.29 is 0 Å². The second-order valence-corrected chi connectivity index (χ2v) is 13.4. The summed E-state index contributed by atoms with van der Waals surface area (Å²) >= 11 is 0. The van der Waals surface area contributed by atoms with E-state index >= 15 is 0 Å². The van der Waals surface area contributed by atoms with E-state index in [1.807, 2.05) is 48.7 Å². The van der Waals surface area contributed by atoms with Gasteiger partial charge in [0.05, 0.1) is 5.69 Å². The van der Waals surface area contributed by atoms with Crippen LogP contribution in [0.2, 0.25) is 0 Å². The molecule has 8 aromatic carbocycles. The first-order chi connectivity index (χ1) is 25.3. The maximum absolute atomic E-state index is 5.47. The molecule has 0 amide bonds. The third-order valence-corrected chi connectivity index (χ3v) is 10.7. The van der Waals surface area contributed by atoms with Gasteiger partial charge < -0.3 is 0 Å². The topological polar surface area (TPSA) is 51.6 Å². The number of hydrogen-bond acceptors (Lipinski definition) is 4. The molecule has 11 rings (SSSR count). The van der Waals surface area contributed by atoms with E-state index in [1.54, 1.807) is 0 Å². The predicted octanol–water partition coefficient (Wildman–Crippen LogP) is 11.0. The summed E-state index contributed by atoms with van der Waals surface area (Å²) in [7, 11) is 0. The Morgan fingerprint density at radius 1 is 0.373 bits per heavy atom. The lowest BCUT2D eigenvalue weighted by Crippen LogP contribution is -2.32. The fraction of sp³-hybridized carbons (Fsp3) is 0.0213. The van der Waals surface area contributed by atoms with Crippen molar-refractivity contribution in [3.63, 3.8) is 0 Å². The summed E-state index contributed by atoms with van der Waals surface area (Å²) < 4.78 is 0. The Morgan fingerprint density at radius 3 is 1.71 bits per heavy atom. The minimum atomic E-state index is -0.807. The first-order valence-electron chi connectivity index (χ1n) is 17.3. The molecule has 0 N–H and O–H groups in total. The number of aromatic nitrogens is 4. The molecule has 1 atom stereocenters. The highest BCUT2D eigenvalue weighted by molar-refractivity contribution is 6.36. The van der Waals surface area contributed by atoms with Gasteiger partial charge in [0.25, 0.3) is 0 Å². The molecule has 0 fully saturated rings. The Balaban J connectivity index is 1.26. The number of rotatable bonds is 5. The maximum atomic E-state index is 5.47. The van der Waals surface area contributed by atoms with Crippen molar-refractivity contribution >= 4 is 43.1 Å². The third kappa shape index (κ3) is 3.90. The first-order valence-corrected chi connectivity index (χ1v) is 17.3. The van der Waals surface area contributed by atoms with Gasteiger partial charge in [-0.1, -0.05) is 152 Å². The van der Waals surface area contributed by atoms with Gasteiger partial charge in [-0.3, -0.25) is 4.98 Å². The summed E-state index contributed by atoms with van der Waals surface area (Å²) in [6.45, 7) is 0. The van der Waals surface area contributed by atoms with Crippen LogP contribution in [-0.4, -0.2) is 19.9 Å². The molecule has 1 aliphatic carbocycles. The molecule has 236 valence electrons. The zero-order valence-corrected chi connectivity index (χ0v) is 27.5. The lowest BCUT2D eigenvalue weighted by atomic mass is 9.71. The molecule has 4 nitrogen and oxygen atoms in total. The average molecular weight is 649 g/mol. The molecule has 0 spiro atoms. The second-order valence-electron chi connectivity index (χ2n) is 13.4. The van der Waals surface area contributed by atoms with Crippen LogP contribution in [-0.2, 0) is 5.41 Å². The van der Waals surface area contributed by atoms with E-state index in [4.69, 9.17) is 19.9 Å². The van der Waals surface area contributed by atoms with E-state index in [0.29, 0.717) is 17.5 Å². The van der Waals surface area contributed by atoms with E-state index in [0.717, 1.165) is 27.9 Å². The molecular weight excluding hydrogens is 621 g/mol. The van der Waals surface area contributed by atoms with Gasteiger partial charge >= 0.3 is 0 Å². The summed E-state index contributed by atoms with van der Waals surface area (Å²) in [6.07, 6.45) is 1.88. The summed E-state index contributed by atoms with van der Waals surface area (Å²) in [6, 6.07) is 57.9. The highest BCUT2D eigenvalue weighted by Crippen LogP contribution is 2.58. The van der Waals surface area contributed by atoms with Gasteiger partial charge in [0, 0.05) is 22.9 Å². The number of fused-ring (bicyclic) bond motifs is 1. The molecule has 1 unspecified atom stereocenters. The monoisotopic (exact) mass is 648 g/mol. The van der Waals surface area contributed by atoms with Gasteiger partial charge in [0.1, 0.15) is 5.41 Å². The lowest BCUT2D eigenvalue weighted by molar-refractivity contribution is 0.694. The molecule has 51 heavy (non-hydrogen) atoms. The highest BCUT2D eigenvalue weighted by atomic mass is 15.1. The van der Waals surface area contributed by atoms with Crippen LogP contribution in [0.1, 0.15) is 22.5 Å². The van der Waals surface area contributed by atoms with E-state index in [2.05, 4.69) is 121 Å². The Hall–Kier alpha value is -6.78. The SMILES string of the molecule is c1ccc(-c2ccc(-c3nc(-c4ccccc4)nc(C4(c5ccccc5)c5cccc6c7cccc8ccc9ccc4c(c56)c9c87)n3)cn2)cc1. The van der Waals surface area contributed by atoms with E-state index in [1.165, 1.54) is 54.2 Å². The van der Waals surface area contributed by atoms with Crippen molar-refractivity contribution in [2.45, 2.75) is 5.41 Å². The quantitative estimate of drug-likeness (QED) is 0.138. The van der Waals surface area contributed by atoms with E-state index in [-0.39, 0.29) is 0 Å². The predicted molar refractivity (Wildman–Crippen MR) is 207 cm³/mol. The largest absolute Gasteiger partial charge is 0.255 e. The van der Waals surface area contributed by atoms with Crippen LogP contribution in [0.4, 0.5) is 0 Å². The Kier molecular flexibility index (Phi) is 5.84. The first kappa shape index (κ1) is 28.1. The van der Waals surface area contributed by atoms with Gasteiger partial charge in [-0.05, 0) is 71.9 Å². The number of benzene rings is 8. The van der Waals surface area contributed by atoms with Crippen molar-refractivity contribution in [2.75, 3.05) is 0 Å². The molecule has 0 saturated carbocycles. The van der Waals surface area contributed by atoms with Crippen LogP contribution in [0.5, 0.6) is 0 Å². The summed E-state index contributed by atoms with van der Waals surface area (Å²) in [5, 5.41) is 10.2. The van der Waals surface area contributed by atoms with Crippen LogP contribution < -0.4 is 0 Å². The zero-order valence-electron chi connectivity index (χ0n) is 27.5. The van der Waals surface area contributed by atoms with Gasteiger partial charge in [-0.2, -0.15) is 0 Å². The van der Waals surface area contributed by atoms with E-state index < -0.39 is 5.41 Å². The summed E-state index contributed by atoms with van der Waals surface area (Å²) in [5.41, 5.74) is 6.43. The molecule has 0 radical (unpaired) electrons. The zero-order chi connectivity index (χ0) is 33.5. The van der Waals surface area contributed by atoms with Crippen molar-refractivity contribution in [1.29, 1.82) is 0 Å². The van der Waals surface area contributed by atoms with Crippen LogP contribution in [0.15, 0.2) is 170 Å². The summed E-state index contributed by atoms with van der Waals surface area (Å²) in [4.78, 5) is 20.9. The molecule has 0 aliphatic heterocycles. The lowest BCUT2D eigenvalue weighted by Gasteiger charge is -2.32. The normalized spacial score (nSPS) is 15.1. The van der Waals surface area contributed by atoms with Gasteiger partial charge in [-0.25, -0.2) is 15.0 Å².